The molecular formula is C20H26N2. The molecular weight excluding hydrogens is 268 g/mol. The standard InChI is InChI=1S/C20H26N2/c1-15-8-4-5-10-17(15)14-22-13-12-16-9-6-7-11-18(16)19(22)20(2,3)21/h4-11,19H,12-14,21H2,1-3H3. The van der Waals surface area contributed by atoms with Crippen molar-refractivity contribution in [3.63, 3.8) is 0 Å². The fourth-order valence-electron chi connectivity index (χ4n) is 3.67. The fraction of sp³-hybridized carbons (Fsp3) is 0.400. The van der Waals surface area contributed by atoms with Crippen molar-refractivity contribution in [2.24, 2.45) is 5.73 Å². The van der Waals surface area contributed by atoms with E-state index in [0.29, 0.717) is 0 Å². The molecule has 0 spiro atoms. The lowest BCUT2D eigenvalue weighted by Gasteiger charge is -2.44. The summed E-state index contributed by atoms with van der Waals surface area (Å²) in [6.07, 6.45) is 1.11. The monoisotopic (exact) mass is 294 g/mol. The molecule has 2 heteroatoms. The van der Waals surface area contributed by atoms with Crippen molar-refractivity contribution in [2.45, 2.75) is 45.3 Å². The maximum atomic E-state index is 6.57. The predicted octanol–water partition coefficient (Wildman–Crippen LogP) is 3.83. The summed E-state index contributed by atoms with van der Waals surface area (Å²) in [6, 6.07) is 17.7. The second kappa shape index (κ2) is 5.86. The summed E-state index contributed by atoms with van der Waals surface area (Å²) in [4.78, 5) is 2.55. The Balaban J connectivity index is 1.96. The third-order valence-corrected chi connectivity index (χ3v) is 4.72. The van der Waals surface area contributed by atoms with E-state index < -0.39 is 0 Å². The average Bonchev–Trinajstić information content (AvgIpc) is 2.48. The first-order valence-corrected chi connectivity index (χ1v) is 8.12. The van der Waals surface area contributed by atoms with Crippen LogP contribution in [0.15, 0.2) is 48.5 Å². The highest BCUT2D eigenvalue weighted by molar-refractivity contribution is 5.35. The van der Waals surface area contributed by atoms with Crippen molar-refractivity contribution >= 4 is 0 Å². The van der Waals surface area contributed by atoms with Gasteiger partial charge in [0.2, 0.25) is 0 Å². The van der Waals surface area contributed by atoms with Crippen molar-refractivity contribution in [3.05, 3.63) is 70.8 Å². The molecule has 0 saturated carbocycles. The van der Waals surface area contributed by atoms with Crippen LogP contribution in [0.1, 0.15) is 42.1 Å². The minimum absolute atomic E-state index is 0.261. The van der Waals surface area contributed by atoms with Gasteiger partial charge in [0.15, 0.2) is 0 Å². The zero-order valence-electron chi connectivity index (χ0n) is 13.8. The molecule has 2 N–H and O–H groups in total. The Morgan fingerprint density at radius 2 is 1.77 bits per heavy atom. The van der Waals surface area contributed by atoms with E-state index in [-0.39, 0.29) is 11.6 Å². The Labute approximate surface area is 134 Å². The zero-order chi connectivity index (χ0) is 15.7. The SMILES string of the molecule is Cc1ccccc1CN1CCc2ccccc2C1C(C)(C)N. The molecule has 0 radical (unpaired) electrons. The van der Waals surface area contributed by atoms with E-state index in [9.17, 15) is 0 Å². The molecule has 1 atom stereocenters. The van der Waals surface area contributed by atoms with Gasteiger partial charge in [0.25, 0.3) is 0 Å². The van der Waals surface area contributed by atoms with Crippen LogP contribution in [0.5, 0.6) is 0 Å². The molecule has 1 aliphatic heterocycles. The molecule has 116 valence electrons. The normalized spacial score (nSPS) is 19.0. The highest BCUT2D eigenvalue weighted by Crippen LogP contribution is 2.37. The maximum Gasteiger partial charge on any atom is 0.0528 e. The lowest BCUT2D eigenvalue weighted by atomic mass is 9.82. The Bertz CT molecular complexity index is 655. The first kappa shape index (κ1) is 15.3. The van der Waals surface area contributed by atoms with E-state index >= 15 is 0 Å². The third-order valence-electron chi connectivity index (χ3n) is 4.72. The van der Waals surface area contributed by atoms with Gasteiger partial charge >= 0.3 is 0 Å². The van der Waals surface area contributed by atoms with Crippen molar-refractivity contribution in [1.29, 1.82) is 0 Å². The summed E-state index contributed by atoms with van der Waals surface area (Å²) in [6.45, 7) is 8.51. The van der Waals surface area contributed by atoms with Crippen LogP contribution in [0.4, 0.5) is 0 Å². The number of nitrogens with zero attached hydrogens (tertiary/aromatic N) is 1. The number of fused-ring (bicyclic) bond motifs is 1. The van der Waals surface area contributed by atoms with Gasteiger partial charge in [-0.2, -0.15) is 0 Å². The van der Waals surface area contributed by atoms with Gasteiger partial charge in [-0.1, -0.05) is 48.5 Å². The molecule has 22 heavy (non-hydrogen) atoms. The highest BCUT2D eigenvalue weighted by atomic mass is 15.2. The molecule has 1 unspecified atom stereocenters. The van der Waals surface area contributed by atoms with E-state index in [2.05, 4.69) is 74.2 Å². The number of hydrogen-bond acceptors (Lipinski definition) is 2. The largest absolute Gasteiger partial charge is 0.324 e. The molecule has 0 bridgehead atoms. The molecule has 0 aliphatic carbocycles. The smallest absolute Gasteiger partial charge is 0.0528 e. The number of rotatable bonds is 3. The molecule has 2 aromatic carbocycles. The maximum absolute atomic E-state index is 6.57. The Hall–Kier alpha value is -1.64. The van der Waals surface area contributed by atoms with Crippen LogP contribution in [0, 0.1) is 6.92 Å². The molecule has 0 aromatic heterocycles. The lowest BCUT2D eigenvalue weighted by molar-refractivity contribution is 0.117. The van der Waals surface area contributed by atoms with Crippen LogP contribution < -0.4 is 5.73 Å². The van der Waals surface area contributed by atoms with Crippen LogP contribution in [-0.4, -0.2) is 17.0 Å². The zero-order valence-corrected chi connectivity index (χ0v) is 13.8. The Morgan fingerprint density at radius 3 is 2.50 bits per heavy atom. The van der Waals surface area contributed by atoms with Crippen LogP contribution in [0.2, 0.25) is 0 Å². The topological polar surface area (TPSA) is 29.3 Å². The second-order valence-electron chi connectivity index (χ2n) is 7.07. The van der Waals surface area contributed by atoms with Crippen molar-refractivity contribution in [3.8, 4) is 0 Å². The van der Waals surface area contributed by atoms with Crippen LogP contribution in [0.3, 0.4) is 0 Å². The van der Waals surface area contributed by atoms with Gasteiger partial charge in [-0.05, 0) is 49.4 Å². The first-order valence-electron chi connectivity index (χ1n) is 8.12. The van der Waals surface area contributed by atoms with E-state index in [1.165, 1.54) is 22.3 Å². The van der Waals surface area contributed by atoms with Gasteiger partial charge in [-0.3, -0.25) is 4.90 Å². The van der Waals surface area contributed by atoms with Gasteiger partial charge in [0.05, 0.1) is 6.04 Å². The summed E-state index contributed by atoms with van der Waals surface area (Å²) in [5.41, 5.74) is 11.9. The van der Waals surface area contributed by atoms with Gasteiger partial charge in [-0.15, -0.1) is 0 Å². The lowest BCUT2D eigenvalue weighted by Crippen LogP contribution is -2.50. The molecule has 1 heterocycles. The Morgan fingerprint density at radius 1 is 1.09 bits per heavy atom. The fourth-order valence-corrected chi connectivity index (χ4v) is 3.67. The van der Waals surface area contributed by atoms with E-state index in [0.717, 1.165) is 19.5 Å². The van der Waals surface area contributed by atoms with E-state index in [1.807, 2.05) is 0 Å². The van der Waals surface area contributed by atoms with Gasteiger partial charge < -0.3 is 5.73 Å². The summed E-state index contributed by atoms with van der Waals surface area (Å²) >= 11 is 0. The van der Waals surface area contributed by atoms with Crippen LogP contribution >= 0.6 is 0 Å². The van der Waals surface area contributed by atoms with E-state index in [1.54, 1.807) is 0 Å². The quantitative estimate of drug-likeness (QED) is 0.932. The van der Waals surface area contributed by atoms with Gasteiger partial charge in [0, 0.05) is 18.6 Å². The molecule has 3 rings (SSSR count). The number of nitrogens with two attached hydrogens (primary N) is 1. The number of benzene rings is 2. The predicted molar refractivity (Wildman–Crippen MR) is 92.7 cm³/mol. The highest BCUT2D eigenvalue weighted by Gasteiger charge is 2.36. The molecule has 0 fully saturated rings. The molecule has 0 saturated heterocycles. The molecule has 2 nitrogen and oxygen atoms in total. The molecule has 2 aromatic rings. The molecule has 0 amide bonds. The minimum Gasteiger partial charge on any atom is -0.324 e. The van der Waals surface area contributed by atoms with E-state index in [4.69, 9.17) is 5.73 Å². The average molecular weight is 294 g/mol. The van der Waals surface area contributed by atoms with Crippen molar-refractivity contribution in [1.82, 2.24) is 4.90 Å². The van der Waals surface area contributed by atoms with Crippen LogP contribution in [0.25, 0.3) is 0 Å². The van der Waals surface area contributed by atoms with Crippen molar-refractivity contribution in [2.75, 3.05) is 6.54 Å². The summed E-state index contributed by atoms with van der Waals surface area (Å²) < 4.78 is 0. The van der Waals surface area contributed by atoms with Gasteiger partial charge in [0.1, 0.15) is 0 Å². The summed E-state index contributed by atoms with van der Waals surface area (Å²) in [5, 5.41) is 0. The summed E-state index contributed by atoms with van der Waals surface area (Å²) in [7, 11) is 0. The summed E-state index contributed by atoms with van der Waals surface area (Å²) in [5.74, 6) is 0. The first-order chi connectivity index (χ1) is 10.5. The van der Waals surface area contributed by atoms with Crippen molar-refractivity contribution < 1.29 is 0 Å². The Kier molecular flexibility index (Phi) is 4.07. The number of hydrogen-bond donors (Lipinski definition) is 1. The number of aryl methyl sites for hydroxylation is 1. The third kappa shape index (κ3) is 2.94. The minimum atomic E-state index is -0.265. The van der Waals surface area contributed by atoms with Crippen LogP contribution in [-0.2, 0) is 13.0 Å². The second-order valence-corrected chi connectivity index (χ2v) is 7.07. The van der Waals surface area contributed by atoms with Gasteiger partial charge in [-0.25, -0.2) is 0 Å². The molecule has 1 aliphatic rings.